The molecule has 0 aliphatic carbocycles. The summed E-state index contributed by atoms with van der Waals surface area (Å²) in [5, 5.41) is 0.821. The fourth-order valence-corrected chi connectivity index (χ4v) is 3.34. The van der Waals surface area contributed by atoms with Crippen molar-refractivity contribution in [2.75, 3.05) is 0 Å². The zero-order chi connectivity index (χ0) is 14.1. The Morgan fingerprint density at radius 3 is 2.55 bits per heavy atom. The molecule has 1 atom stereocenters. The van der Waals surface area contributed by atoms with Gasteiger partial charge in [-0.25, -0.2) is 14.2 Å². The number of benzene rings is 2. The highest BCUT2D eigenvalue weighted by atomic mass is 32.1. The number of nitrogens with one attached hydrogen (secondary N) is 1. The van der Waals surface area contributed by atoms with Crippen LogP contribution in [0.1, 0.15) is 16.5 Å². The van der Waals surface area contributed by atoms with Crippen molar-refractivity contribution in [3.05, 3.63) is 70.6 Å². The molecule has 2 aromatic carbocycles. The maximum absolute atomic E-state index is 13.3. The van der Waals surface area contributed by atoms with Crippen molar-refractivity contribution >= 4 is 21.4 Å². The van der Waals surface area contributed by atoms with Crippen LogP contribution in [-0.2, 0) is 0 Å². The van der Waals surface area contributed by atoms with Crippen molar-refractivity contribution in [1.29, 1.82) is 0 Å². The number of fused-ring (bicyclic) bond motifs is 1. The predicted octanol–water partition coefficient (Wildman–Crippen LogP) is 3.73. The van der Waals surface area contributed by atoms with Gasteiger partial charge in [0.25, 0.3) is 0 Å². The Hall–Kier alpha value is -1.82. The van der Waals surface area contributed by atoms with Gasteiger partial charge in [0.15, 0.2) is 0 Å². The summed E-state index contributed by atoms with van der Waals surface area (Å²) in [4.78, 5) is 0.915. The standard InChI is InChI=1S/C15H12F2N2S/c16-11-3-1-2-9(6-11)15(19-18)14-8-10-7-12(17)4-5-13(10)20-14/h1-8,15,19H,18H2. The minimum atomic E-state index is -0.314. The number of hydrazine groups is 1. The molecule has 20 heavy (non-hydrogen) atoms. The molecule has 0 aliphatic rings. The van der Waals surface area contributed by atoms with E-state index in [1.165, 1.54) is 35.6 Å². The largest absolute Gasteiger partial charge is 0.271 e. The number of halogens is 2. The van der Waals surface area contributed by atoms with Crippen molar-refractivity contribution in [1.82, 2.24) is 5.43 Å². The molecule has 3 N–H and O–H groups in total. The summed E-state index contributed by atoms with van der Waals surface area (Å²) < 4.78 is 27.5. The third-order valence-corrected chi connectivity index (χ3v) is 4.31. The molecule has 1 heterocycles. The topological polar surface area (TPSA) is 38.0 Å². The van der Waals surface area contributed by atoms with Gasteiger partial charge in [-0.2, -0.15) is 0 Å². The Labute approximate surface area is 118 Å². The first-order valence-corrected chi connectivity index (χ1v) is 6.89. The molecule has 1 unspecified atom stereocenters. The number of nitrogens with two attached hydrogens (primary N) is 1. The van der Waals surface area contributed by atoms with E-state index in [1.807, 2.05) is 6.07 Å². The highest BCUT2D eigenvalue weighted by Gasteiger charge is 2.16. The molecule has 5 heteroatoms. The second-order valence-corrected chi connectivity index (χ2v) is 5.60. The van der Waals surface area contributed by atoms with Gasteiger partial charge in [0.2, 0.25) is 0 Å². The molecule has 0 saturated carbocycles. The average Bonchev–Trinajstić information content (AvgIpc) is 2.82. The summed E-state index contributed by atoms with van der Waals surface area (Å²) in [6.45, 7) is 0. The predicted molar refractivity (Wildman–Crippen MR) is 77.3 cm³/mol. The van der Waals surface area contributed by atoms with Gasteiger partial charge in [0.1, 0.15) is 11.6 Å². The third-order valence-electron chi connectivity index (χ3n) is 3.13. The average molecular weight is 290 g/mol. The number of thiophene rings is 1. The second-order valence-electron chi connectivity index (χ2n) is 4.49. The van der Waals surface area contributed by atoms with Crippen molar-refractivity contribution < 1.29 is 8.78 Å². The minimum absolute atomic E-state index is 0.273. The fraction of sp³-hybridized carbons (Fsp3) is 0.0667. The van der Waals surface area contributed by atoms with E-state index in [0.717, 1.165) is 20.5 Å². The molecule has 0 radical (unpaired) electrons. The van der Waals surface area contributed by atoms with Crippen LogP contribution in [0.15, 0.2) is 48.5 Å². The van der Waals surface area contributed by atoms with Gasteiger partial charge >= 0.3 is 0 Å². The molecular formula is C15H12F2N2S. The molecule has 0 amide bonds. The summed E-state index contributed by atoms with van der Waals surface area (Å²) in [5.41, 5.74) is 3.42. The van der Waals surface area contributed by atoms with Gasteiger partial charge < -0.3 is 0 Å². The van der Waals surface area contributed by atoms with E-state index in [0.29, 0.717) is 0 Å². The van der Waals surface area contributed by atoms with Gasteiger partial charge in [-0.05, 0) is 47.3 Å². The van der Waals surface area contributed by atoms with Gasteiger partial charge in [0.05, 0.1) is 6.04 Å². The Morgan fingerprint density at radius 2 is 1.80 bits per heavy atom. The van der Waals surface area contributed by atoms with Crippen molar-refractivity contribution in [3.8, 4) is 0 Å². The zero-order valence-electron chi connectivity index (χ0n) is 10.4. The maximum Gasteiger partial charge on any atom is 0.123 e. The highest BCUT2D eigenvalue weighted by molar-refractivity contribution is 7.19. The van der Waals surface area contributed by atoms with Gasteiger partial charge in [0, 0.05) is 9.58 Å². The van der Waals surface area contributed by atoms with Gasteiger partial charge in [-0.15, -0.1) is 11.3 Å². The Balaban J connectivity index is 2.07. The number of hydrogen-bond donors (Lipinski definition) is 2. The first-order chi connectivity index (χ1) is 9.67. The SMILES string of the molecule is NNC(c1cccc(F)c1)c1cc2cc(F)ccc2s1. The van der Waals surface area contributed by atoms with Crippen molar-refractivity contribution in [2.45, 2.75) is 6.04 Å². The Morgan fingerprint density at radius 1 is 1.00 bits per heavy atom. The summed E-state index contributed by atoms with van der Waals surface area (Å²) in [5.74, 6) is 5.02. The quantitative estimate of drug-likeness (QED) is 0.570. The molecule has 0 aliphatic heterocycles. The van der Waals surface area contributed by atoms with Crippen LogP contribution in [0.5, 0.6) is 0 Å². The fourth-order valence-electron chi connectivity index (χ4n) is 2.21. The van der Waals surface area contributed by atoms with Crippen molar-refractivity contribution in [2.24, 2.45) is 5.84 Å². The Kier molecular flexibility index (Phi) is 3.48. The lowest BCUT2D eigenvalue weighted by atomic mass is 10.1. The molecule has 0 bridgehead atoms. The summed E-state index contributed by atoms with van der Waals surface area (Å²) in [7, 11) is 0. The van der Waals surface area contributed by atoms with E-state index < -0.39 is 0 Å². The highest BCUT2D eigenvalue weighted by Crippen LogP contribution is 2.33. The minimum Gasteiger partial charge on any atom is -0.271 e. The normalized spacial score (nSPS) is 12.8. The summed E-state index contributed by atoms with van der Waals surface area (Å²) >= 11 is 1.51. The lowest BCUT2D eigenvalue weighted by Crippen LogP contribution is -2.28. The molecule has 1 aromatic heterocycles. The van der Waals surface area contributed by atoms with Crippen LogP contribution in [0.4, 0.5) is 8.78 Å². The van der Waals surface area contributed by atoms with E-state index in [4.69, 9.17) is 5.84 Å². The van der Waals surface area contributed by atoms with Crippen LogP contribution < -0.4 is 11.3 Å². The van der Waals surface area contributed by atoms with Gasteiger partial charge in [-0.1, -0.05) is 12.1 Å². The monoisotopic (exact) mass is 290 g/mol. The molecule has 0 saturated heterocycles. The molecule has 3 aromatic rings. The third kappa shape index (κ3) is 2.43. The van der Waals surface area contributed by atoms with Crippen LogP contribution in [0.3, 0.4) is 0 Å². The van der Waals surface area contributed by atoms with E-state index >= 15 is 0 Å². The van der Waals surface area contributed by atoms with Crippen LogP contribution in [-0.4, -0.2) is 0 Å². The molecule has 2 nitrogen and oxygen atoms in total. The molecular weight excluding hydrogens is 278 g/mol. The van der Waals surface area contributed by atoms with Crippen LogP contribution >= 0.6 is 11.3 Å². The Bertz CT molecular complexity index is 754. The lowest BCUT2D eigenvalue weighted by Gasteiger charge is -2.14. The number of hydrogen-bond acceptors (Lipinski definition) is 3. The van der Waals surface area contributed by atoms with Crippen LogP contribution in [0, 0.1) is 11.6 Å². The molecule has 0 spiro atoms. The van der Waals surface area contributed by atoms with Gasteiger partial charge in [-0.3, -0.25) is 5.84 Å². The zero-order valence-corrected chi connectivity index (χ0v) is 11.3. The smallest absolute Gasteiger partial charge is 0.123 e. The van der Waals surface area contributed by atoms with Crippen molar-refractivity contribution in [3.63, 3.8) is 0 Å². The first kappa shape index (κ1) is 13.2. The maximum atomic E-state index is 13.3. The first-order valence-electron chi connectivity index (χ1n) is 6.08. The van der Waals surface area contributed by atoms with E-state index in [2.05, 4.69) is 5.43 Å². The van der Waals surface area contributed by atoms with E-state index in [9.17, 15) is 8.78 Å². The molecule has 3 rings (SSSR count). The van der Waals surface area contributed by atoms with E-state index in [-0.39, 0.29) is 17.7 Å². The van der Waals surface area contributed by atoms with E-state index in [1.54, 1.807) is 18.2 Å². The number of rotatable bonds is 3. The lowest BCUT2D eigenvalue weighted by molar-refractivity contribution is 0.609. The van der Waals surface area contributed by atoms with Crippen LogP contribution in [0.25, 0.3) is 10.1 Å². The second kappa shape index (κ2) is 5.28. The summed E-state index contributed by atoms with van der Waals surface area (Å²) in [6.07, 6.45) is 0. The van der Waals surface area contributed by atoms with Crippen LogP contribution in [0.2, 0.25) is 0 Å². The molecule has 102 valence electrons. The summed E-state index contributed by atoms with van der Waals surface area (Å²) in [6, 6.07) is 12.5. The molecule has 0 fully saturated rings.